The summed E-state index contributed by atoms with van der Waals surface area (Å²) in [7, 11) is 0. The Balaban J connectivity index is 1.45. The highest BCUT2D eigenvalue weighted by Gasteiger charge is 2.43. The van der Waals surface area contributed by atoms with Gasteiger partial charge in [-0.05, 0) is 43.5 Å². The van der Waals surface area contributed by atoms with Crippen LogP contribution in [0.4, 0.5) is 10.2 Å². The summed E-state index contributed by atoms with van der Waals surface area (Å²) in [6.45, 7) is 0. The van der Waals surface area contributed by atoms with Gasteiger partial charge in [0, 0.05) is 28.9 Å². The number of carbonyl (C=O) groups is 1. The predicted molar refractivity (Wildman–Crippen MR) is 94.6 cm³/mol. The van der Waals surface area contributed by atoms with E-state index in [4.69, 9.17) is 4.74 Å². The molecule has 2 N–H and O–H groups in total. The van der Waals surface area contributed by atoms with E-state index in [2.05, 4.69) is 20.3 Å². The lowest BCUT2D eigenvalue weighted by Gasteiger charge is -2.09. The maximum absolute atomic E-state index is 13.0. The smallest absolute Gasteiger partial charge is 0.231 e. The van der Waals surface area contributed by atoms with E-state index >= 15 is 0 Å². The van der Waals surface area contributed by atoms with Crippen molar-refractivity contribution in [1.82, 2.24) is 15.0 Å². The Hall–Kier alpha value is -2.96. The molecule has 132 valence electrons. The van der Waals surface area contributed by atoms with Gasteiger partial charge in [0.25, 0.3) is 0 Å². The first-order chi connectivity index (χ1) is 12.7. The number of nitrogens with zero attached hydrogens (tertiary/aromatic N) is 2. The number of alkyl halides is 1. The molecule has 2 aliphatic rings. The lowest BCUT2D eigenvalue weighted by Crippen LogP contribution is -2.15. The average molecular weight is 352 g/mol. The molecule has 0 aromatic carbocycles. The summed E-state index contributed by atoms with van der Waals surface area (Å²) >= 11 is 0. The molecule has 0 aliphatic heterocycles. The Kier molecular flexibility index (Phi) is 3.41. The molecule has 7 heteroatoms. The van der Waals surface area contributed by atoms with Gasteiger partial charge in [-0.25, -0.2) is 14.4 Å². The molecular weight excluding hydrogens is 335 g/mol. The number of carbonyl (C=O) groups excluding carboxylic acids is 1. The van der Waals surface area contributed by atoms with Crippen LogP contribution in [0.25, 0.3) is 22.2 Å². The lowest BCUT2D eigenvalue weighted by atomic mass is 10.1. The number of hydrogen-bond acceptors (Lipinski definition) is 4. The number of H-pyrrole nitrogens is 1. The van der Waals surface area contributed by atoms with Gasteiger partial charge in [-0.15, -0.1) is 0 Å². The molecule has 2 aliphatic carbocycles. The van der Waals surface area contributed by atoms with E-state index in [9.17, 15) is 9.18 Å². The minimum absolute atomic E-state index is 0.260. The van der Waals surface area contributed by atoms with Gasteiger partial charge in [0.1, 0.15) is 23.7 Å². The summed E-state index contributed by atoms with van der Waals surface area (Å²) in [5.41, 5.74) is 2.49. The normalized spacial score (nSPS) is 21.6. The summed E-state index contributed by atoms with van der Waals surface area (Å²) < 4.78 is 18.9. The third kappa shape index (κ3) is 2.79. The van der Waals surface area contributed by atoms with Crippen molar-refractivity contribution in [2.24, 2.45) is 5.92 Å². The van der Waals surface area contributed by atoms with Crippen LogP contribution < -0.4 is 10.1 Å². The third-order valence-electron chi connectivity index (χ3n) is 4.70. The monoisotopic (exact) mass is 352 g/mol. The quantitative estimate of drug-likeness (QED) is 0.737. The molecule has 3 aromatic rings. The van der Waals surface area contributed by atoms with Crippen LogP contribution in [-0.4, -0.2) is 33.1 Å². The zero-order valence-corrected chi connectivity index (χ0v) is 13.9. The molecule has 5 rings (SSSR count). The zero-order chi connectivity index (χ0) is 17.7. The van der Waals surface area contributed by atoms with Crippen molar-refractivity contribution in [3.63, 3.8) is 0 Å². The van der Waals surface area contributed by atoms with Gasteiger partial charge in [0.05, 0.1) is 5.92 Å². The number of ether oxygens (including phenoxy) is 1. The van der Waals surface area contributed by atoms with Crippen LogP contribution in [0.15, 0.2) is 36.7 Å². The number of anilines is 1. The fourth-order valence-electron chi connectivity index (χ4n) is 2.98. The first-order valence-electron chi connectivity index (χ1n) is 8.74. The maximum Gasteiger partial charge on any atom is 0.231 e. The largest absolute Gasteiger partial charge is 0.474 e. The Morgan fingerprint density at radius 2 is 2.12 bits per heavy atom. The second kappa shape index (κ2) is 5.79. The first-order valence-corrected chi connectivity index (χ1v) is 8.74. The number of aromatic nitrogens is 3. The Morgan fingerprint density at radius 3 is 2.88 bits per heavy atom. The third-order valence-corrected chi connectivity index (χ3v) is 4.70. The molecule has 0 bridgehead atoms. The summed E-state index contributed by atoms with van der Waals surface area (Å²) in [4.78, 5) is 23.8. The SMILES string of the molecule is O=C(Nc1ccc2c(-c3cccnc3OC3CC3)c[nH]c2n1)[C@@H]1C[C@@H]1F. The van der Waals surface area contributed by atoms with Gasteiger partial charge in [0.2, 0.25) is 11.8 Å². The molecule has 3 heterocycles. The first kappa shape index (κ1) is 15.3. The van der Waals surface area contributed by atoms with E-state index in [-0.39, 0.29) is 12.0 Å². The Labute approximate surface area is 148 Å². The molecule has 26 heavy (non-hydrogen) atoms. The highest BCUT2D eigenvalue weighted by atomic mass is 19.1. The van der Waals surface area contributed by atoms with E-state index in [1.807, 2.05) is 24.4 Å². The number of amides is 1. The van der Waals surface area contributed by atoms with Crippen molar-refractivity contribution in [3.8, 4) is 17.0 Å². The summed E-state index contributed by atoms with van der Waals surface area (Å²) in [6.07, 6.45) is 5.24. The molecule has 1 amide bonds. The number of nitrogens with one attached hydrogen (secondary N) is 2. The van der Waals surface area contributed by atoms with Gasteiger partial charge in [0.15, 0.2) is 0 Å². The van der Waals surface area contributed by atoms with Crippen LogP contribution in [0.2, 0.25) is 0 Å². The molecule has 3 aromatic heterocycles. The predicted octanol–water partition coefficient (Wildman–Crippen LogP) is 3.46. The second-order valence-corrected chi connectivity index (χ2v) is 6.82. The molecular formula is C19H17FN4O2. The van der Waals surface area contributed by atoms with Crippen molar-refractivity contribution in [2.75, 3.05) is 5.32 Å². The summed E-state index contributed by atoms with van der Waals surface area (Å²) in [6, 6.07) is 7.46. The van der Waals surface area contributed by atoms with Gasteiger partial charge in [-0.1, -0.05) is 0 Å². The minimum atomic E-state index is -1.02. The van der Waals surface area contributed by atoms with E-state index in [1.54, 1.807) is 12.3 Å². The van der Waals surface area contributed by atoms with E-state index in [0.29, 0.717) is 23.8 Å². The standard InChI is InChI=1S/C19H17FN4O2/c20-15-8-13(15)18(25)24-16-6-5-11-14(9-22-17(11)23-16)12-2-1-7-21-19(12)26-10-3-4-10/h1-2,5-7,9-10,13,15H,3-4,8H2,(H2,22,23,24,25)/t13-,15+/m1/s1. The fourth-order valence-corrected chi connectivity index (χ4v) is 2.98. The number of pyridine rings is 2. The summed E-state index contributed by atoms with van der Waals surface area (Å²) in [5, 5.41) is 3.58. The van der Waals surface area contributed by atoms with E-state index < -0.39 is 12.1 Å². The number of rotatable bonds is 5. The highest BCUT2D eigenvalue weighted by molar-refractivity contribution is 5.98. The number of hydrogen-bond donors (Lipinski definition) is 2. The summed E-state index contributed by atoms with van der Waals surface area (Å²) in [5.74, 6) is 0.180. The molecule has 2 fully saturated rings. The Bertz CT molecular complexity index is 998. The molecule has 0 saturated heterocycles. The van der Waals surface area contributed by atoms with Crippen molar-refractivity contribution in [3.05, 3.63) is 36.7 Å². The zero-order valence-electron chi connectivity index (χ0n) is 13.9. The Morgan fingerprint density at radius 1 is 1.27 bits per heavy atom. The van der Waals surface area contributed by atoms with Crippen LogP contribution in [0, 0.1) is 5.92 Å². The van der Waals surface area contributed by atoms with Gasteiger partial charge in [-0.2, -0.15) is 0 Å². The van der Waals surface area contributed by atoms with Gasteiger partial charge in [-0.3, -0.25) is 4.79 Å². The maximum atomic E-state index is 13.0. The van der Waals surface area contributed by atoms with Crippen LogP contribution in [0.5, 0.6) is 5.88 Å². The topological polar surface area (TPSA) is 79.9 Å². The van der Waals surface area contributed by atoms with E-state index in [1.165, 1.54) is 0 Å². The minimum Gasteiger partial charge on any atom is -0.474 e. The van der Waals surface area contributed by atoms with Gasteiger partial charge < -0.3 is 15.0 Å². The van der Waals surface area contributed by atoms with Crippen molar-refractivity contribution < 1.29 is 13.9 Å². The fraction of sp³-hybridized carbons (Fsp3) is 0.316. The van der Waals surface area contributed by atoms with Crippen molar-refractivity contribution in [2.45, 2.75) is 31.5 Å². The number of aromatic amines is 1. The van der Waals surface area contributed by atoms with E-state index in [0.717, 1.165) is 29.4 Å². The van der Waals surface area contributed by atoms with Crippen LogP contribution in [0.1, 0.15) is 19.3 Å². The van der Waals surface area contributed by atoms with Gasteiger partial charge >= 0.3 is 0 Å². The van der Waals surface area contributed by atoms with Crippen molar-refractivity contribution >= 4 is 22.8 Å². The van der Waals surface area contributed by atoms with Crippen LogP contribution >= 0.6 is 0 Å². The highest BCUT2D eigenvalue weighted by Crippen LogP contribution is 2.37. The average Bonchev–Trinajstić information content (AvgIpc) is 3.55. The molecule has 6 nitrogen and oxygen atoms in total. The van der Waals surface area contributed by atoms with Crippen molar-refractivity contribution in [1.29, 1.82) is 0 Å². The number of fused-ring (bicyclic) bond motifs is 1. The molecule has 0 radical (unpaired) electrons. The molecule has 0 unspecified atom stereocenters. The van der Waals surface area contributed by atoms with Crippen LogP contribution in [-0.2, 0) is 4.79 Å². The lowest BCUT2D eigenvalue weighted by molar-refractivity contribution is -0.117. The van der Waals surface area contributed by atoms with Crippen LogP contribution in [0.3, 0.4) is 0 Å². The molecule has 2 atom stereocenters. The molecule has 2 saturated carbocycles. The number of halogens is 1. The second-order valence-electron chi connectivity index (χ2n) is 6.82. The molecule has 0 spiro atoms.